The fourth-order valence-corrected chi connectivity index (χ4v) is 4.19. The zero-order valence-electron chi connectivity index (χ0n) is 14.6. The van der Waals surface area contributed by atoms with Gasteiger partial charge in [-0.15, -0.1) is 11.8 Å². The fraction of sp³-hybridized carbons (Fsp3) is 0.381. The molecule has 1 heterocycles. The van der Waals surface area contributed by atoms with E-state index in [0.717, 1.165) is 31.0 Å². The Hall–Kier alpha value is -1.78. The minimum Gasteiger partial charge on any atom is -0.381 e. The molecule has 0 bridgehead atoms. The van der Waals surface area contributed by atoms with Crippen LogP contribution in [-0.2, 0) is 14.9 Å². The molecule has 2 aromatic rings. The Labute approximate surface area is 154 Å². The number of thioether (sulfide) groups is 1. The monoisotopic (exact) mass is 355 g/mol. The average Bonchev–Trinajstić information content (AvgIpc) is 2.68. The summed E-state index contributed by atoms with van der Waals surface area (Å²) in [5, 5.41) is 3.08. The number of ether oxygens (including phenoxy) is 1. The molecule has 0 radical (unpaired) electrons. The first-order chi connectivity index (χ1) is 12.2. The van der Waals surface area contributed by atoms with Crippen LogP contribution in [0.5, 0.6) is 0 Å². The minimum absolute atomic E-state index is 0.0215. The molecule has 0 unspecified atom stereocenters. The number of rotatable bonds is 6. The van der Waals surface area contributed by atoms with E-state index in [0.29, 0.717) is 6.54 Å². The lowest BCUT2D eigenvalue weighted by Gasteiger charge is -2.38. The molecule has 0 aromatic heterocycles. The maximum absolute atomic E-state index is 12.6. The quantitative estimate of drug-likeness (QED) is 0.795. The molecule has 0 saturated carbocycles. The van der Waals surface area contributed by atoms with Crippen molar-refractivity contribution in [1.82, 2.24) is 5.32 Å². The predicted octanol–water partition coefficient (Wildman–Crippen LogP) is 4.03. The molecule has 1 fully saturated rings. The van der Waals surface area contributed by atoms with Crippen molar-refractivity contribution < 1.29 is 9.53 Å². The van der Waals surface area contributed by atoms with Gasteiger partial charge in [0.25, 0.3) is 0 Å². The molecule has 1 saturated heterocycles. The largest absolute Gasteiger partial charge is 0.381 e. The van der Waals surface area contributed by atoms with Crippen LogP contribution in [0.4, 0.5) is 0 Å². The van der Waals surface area contributed by atoms with E-state index in [2.05, 4.69) is 29.6 Å². The Balaban J connectivity index is 1.64. The number of hydrogen-bond acceptors (Lipinski definition) is 3. The Bertz CT molecular complexity index is 669. The van der Waals surface area contributed by atoms with Crippen LogP contribution in [0, 0.1) is 0 Å². The molecule has 25 heavy (non-hydrogen) atoms. The van der Waals surface area contributed by atoms with Crippen molar-refractivity contribution in [3.63, 3.8) is 0 Å². The topological polar surface area (TPSA) is 38.3 Å². The van der Waals surface area contributed by atoms with Crippen LogP contribution in [0.3, 0.4) is 0 Å². The fourth-order valence-electron chi connectivity index (χ4n) is 3.28. The maximum Gasteiger partial charge on any atom is 0.233 e. The lowest BCUT2D eigenvalue weighted by atomic mass is 9.74. The number of benzene rings is 2. The number of amides is 1. The molecule has 3 nitrogen and oxygen atoms in total. The van der Waals surface area contributed by atoms with Crippen LogP contribution >= 0.6 is 11.8 Å². The van der Waals surface area contributed by atoms with Crippen LogP contribution in [0.1, 0.15) is 25.3 Å². The van der Waals surface area contributed by atoms with E-state index >= 15 is 0 Å². The van der Waals surface area contributed by atoms with Crippen molar-refractivity contribution in [3.05, 3.63) is 66.2 Å². The van der Waals surface area contributed by atoms with Crippen molar-refractivity contribution in [3.8, 4) is 0 Å². The molecular weight excluding hydrogens is 330 g/mol. The Morgan fingerprint density at radius 1 is 1.08 bits per heavy atom. The summed E-state index contributed by atoms with van der Waals surface area (Å²) in [4.78, 5) is 13.7. The molecule has 1 N–H and O–H groups in total. The smallest absolute Gasteiger partial charge is 0.233 e. The molecule has 3 rings (SSSR count). The zero-order chi connectivity index (χ0) is 17.5. The van der Waals surface area contributed by atoms with E-state index in [1.54, 1.807) is 11.8 Å². The second-order valence-electron chi connectivity index (χ2n) is 6.55. The van der Waals surface area contributed by atoms with Crippen molar-refractivity contribution in [2.24, 2.45) is 0 Å². The molecule has 0 spiro atoms. The molecule has 1 amide bonds. The van der Waals surface area contributed by atoms with Crippen molar-refractivity contribution in [1.29, 1.82) is 0 Å². The Kier molecular flexibility index (Phi) is 6.16. The van der Waals surface area contributed by atoms with Gasteiger partial charge in [0.1, 0.15) is 0 Å². The summed E-state index contributed by atoms with van der Waals surface area (Å²) < 4.78 is 5.56. The summed E-state index contributed by atoms with van der Waals surface area (Å²) in [6.45, 7) is 4.13. The second-order valence-corrected chi connectivity index (χ2v) is 7.96. The third-order valence-electron chi connectivity index (χ3n) is 4.86. The number of nitrogens with one attached hydrogen (secondary N) is 1. The highest BCUT2D eigenvalue weighted by atomic mass is 32.2. The van der Waals surface area contributed by atoms with Crippen LogP contribution in [0.15, 0.2) is 65.6 Å². The summed E-state index contributed by atoms with van der Waals surface area (Å²) >= 11 is 1.60. The lowest BCUT2D eigenvalue weighted by molar-refractivity contribution is -0.120. The maximum atomic E-state index is 12.6. The molecule has 4 heteroatoms. The van der Waals surface area contributed by atoms with Crippen LogP contribution in [0.25, 0.3) is 0 Å². The lowest BCUT2D eigenvalue weighted by Crippen LogP contribution is -2.46. The molecule has 1 aliphatic heterocycles. The van der Waals surface area contributed by atoms with Gasteiger partial charge in [0.05, 0.1) is 5.25 Å². The van der Waals surface area contributed by atoms with E-state index in [9.17, 15) is 4.79 Å². The van der Waals surface area contributed by atoms with Gasteiger partial charge in [-0.3, -0.25) is 4.79 Å². The van der Waals surface area contributed by atoms with Gasteiger partial charge in [0, 0.05) is 30.1 Å². The summed E-state index contributed by atoms with van der Waals surface area (Å²) in [5.41, 5.74) is 1.27. The molecule has 1 aliphatic rings. The van der Waals surface area contributed by atoms with Gasteiger partial charge in [-0.25, -0.2) is 0 Å². The molecule has 0 aliphatic carbocycles. The highest BCUT2D eigenvalue weighted by Gasteiger charge is 2.35. The normalized spacial score (nSPS) is 17.6. The Morgan fingerprint density at radius 3 is 2.32 bits per heavy atom. The van der Waals surface area contributed by atoms with Gasteiger partial charge in [0.2, 0.25) is 5.91 Å². The van der Waals surface area contributed by atoms with E-state index in [1.807, 2.05) is 43.3 Å². The summed E-state index contributed by atoms with van der Waals surface area (Å²) in [6.07, 6.45) is 1.88. The average molecular weight is 356 g/mol. The Morgan fingerprint density at radius 2 is 1.68 bits per heavy atom. The molecule has 1 atom stereocenters. The standard InChI is InChI=1S/C21H25NO2S/c1-17(25-19-10-6-3-7-11-19)20(23)22-16-21(12-14-24-15-13-21)18-8-4-2-5-9-18/h2-11,17H,12-16H2,1H3,(H,22,23)/t17-/m1/s1. The van der Waals surface area contributed by atoms with Gasteiger partial charge >= 0.3 is 0 Å². The van der Waals surface area contributed by atoms with Gasteiger partial charge in [-0.05, 0) is 37.5 Å². The minimum atomic E-state index is -0.116. The van der Waals surface area contributed by atoms with Gasteiger partial charge < -0.3 is 10.1 Å². The molecule has 2 aromatic carbocycles. The van der Waals surface area contributed by atoms with Crippen molar-refractivity contribution in [2.45, 2.75) is 35.3 Å². The third kappa shape index (κ3) is 4.65. The van der Waals surface area contributed by atoms with Crippen molar-refractivity contribution in [2.75, 3.05) is 19.8 Å². The first kappa shape index (κ1) is 18.0. The zero-order valence-corrected chi connectivity index (χ0v) is 15.4. The number of carbonyl (C=O) groups is 1. The first-order valence-electron chi connectivity index (χ1n) is 8.82. The van der Waals surface area contributed by atoms with E-state index < -0.39 is 0 Å². The van der Waals surface area contributed by atoms with Crippen LogP contribution < -0.4 is 5.32 Å². The predicted molar refractivity (Wildman–Crippen MR) is 103 cm³/mol. The van der Waals surface area contributed by atoms with E-state index in [4.69, 9.17) is 4.74 Å². The second kappa shape index (κ2) is 8.54. The third-order valence-corrected chi connectivity index (χ3v) is 5.97. The molecule has 132 valence electrons. The summed E-state index contributed by atoms with van der Waals surface area (Å²) in [5.74, 6) is 0.0932. The van der Waals surface area contributed by atoms with Gasteiger partial charge in [-0.1, -0.05) is 48.5 Å². The summed E-state index contributed by atoms with van der Waals surface area (Å²) in [7, 11) is 0. The van der Waals surface area contributed by atoms with Gasteiger partial charge in [-0.2, -0.15) is 0 Å². The van der Waals surface area contributed by atoms with E-state index in [1.165, 1.54) is 5.56 Å². The highest BCUT2D eigenvalue weighted by molar-refractivity contribution is 8.00. The SMILES string of the molecule is C[C@@H](Sc1ccccc1)C(=O)NCC1(c2ccccc2)CCOCC1. The van der Waals surface area contributed by atoms with Gasteiger partial charge in [0.15, 0.2) is 0 Å². The highest BCUT2D eigenvalue weighted by Crippen LogP contribution is 2.34. The van der Waals surface area contributed by atoms with Crippen LogP contribution in [0.2, 0.25) is 0 Å². The number of carbonyl (C=O) groups excluding carboxylic acids is 1. The van der Waals surface area contributed by atoms with Crippen LogP contribution in [-0.4, -0.2) is 30.9 Å². The van der Waals surface area contributed by atoms with E-state index in [-0.39, 0.29) is 16.6 Å². The first-order valence-corrected chi connectivity index (χ1v) is 9.70. The molecular formula is C21H25NO2S. The summed E-state index contributed by atoms with van der Waals surface area (Å²) in [6, 6.07) is 20.6. The van der Waals surface area contributed by atoms with Crippen molar-refractivity contribution >= 4 is 17.7 Å². The number of hydrogen-bond donors (Lipinski definition) is 1.